The first-order valence-electron chi connectivity index (χ1n) is 7.55. The molecule has 1 rings (SSSR count). The average molecular weight is 254 g/mol. The Kier molecular flexibility index (Phi) is 6.13. The van der Waals surface area contributed by atoms with Crippen molar-refractivity contribution in [3.63, 3.8) is 0 Å². The highest BCUT2D eigenvalue weighted by atomic mass is 16.2. The van der Waals surface area contributed by atoms with Crippen LogP contribution in [0.1, 0.15) is 65.7 Å². The Bertz CT molecular complexity index is 259. The van der Waals surface area contributed by atoms with Crippen molar-refractivity contribution >= 4 is 5.91 Å². The van der Waals surface area contributed by atoms with Gasteiger partial charge in [0.05, 0.1) is 0 Å². The van der Waals surface area contributed by atoms with E-state index in [0.29, 0.717) is 12.5 Å². The van der Waals surface area contributed by atoms with Crippen LogP contribution in [-0.2, 0) is 4.79 Å². The SMILES string of the molecule is CCCCC(CN)NC(=O)C1(CC(C)C)CCC1. The number of rotatable bonds is 8. The molecule has 18 heavy (non-hydrogen) atoms. The van der Waals surface area contributed by atoms with E-state index in [1.807, 2.05) is 0 Å². The molecule has 1 saturated carbocycles. The Balaban J connectivity index is 2.50. The lowest BCUT2D eigenvalue weighted by atomic mass is 9.64. The number of amides is 1. The topological polar surface area (TPSA) is 55.1 Å². The van der Waals surface area contributed by atoms with E-state index >= 15 is 0 Å². The highest BCUT2D eigenvalue weighted by Crippen LogP contribution is 2.46. The van der Waals surface area contributed by atoms with Crippen LogP contribution >= 0.6 is 0 Å². The average Bonchev–Trinajstić information content (AvgIpc) is 2.28. The molecule has 0 aromatic heterocycles. The maximum atomic E-state index is 12.4. The van der Waals surface area contributed by atoms with Crippen LogP contribution in [0.4, 0.5) is 0 Å². The molecule has 0 aromatic rings. The number of carbonyl (C=O) groups excluding carboxylic acids is 1. The van der Waals surface area contributed by atoms with Crippen molar-refractivity contribution in [3.05, 3.63) is 0 Å². The van der Waals surface area contributed by atoms with E-state index in [1.54, 1.807) is 0 Å². The molecule has 1 unspecified atom stereocenters. The third-order valence-corrected chi connectivity index (χ3v) is 4.12. The fourth-order valence-electron chi connectivity index (χ4n) is 2.95. The van der Waals surface area contributed by atoms with Crippen LogP contribution in [0.25, 0.3) is 0 Å². The predicted octanol–water partition coefficient (Wildman–Crippen LogP) is 2.84. The first-order chi connectivity index (χ1) is 8.54. The summed E-state index contributed by atoms with van der Waals surface area (Å²) in [4.78, 5) is 12.4. The zero-order chi connectivity index (χ0) is 13.6. The van der Waals surface area contributed by atoms with Crippen LogP contribution in [0.2, 0.25) is 0 Å². The minimum atomic E-state index is -0.0756. The molecule has 3 heteroatoms. The quantitative estimate of drug-likeness (QED) is 0.700. The van der Waals surface area contributed by atoms with Crippen LogP contribution in [0.3, 0.4) is 0 Å². The number of carbonyl (C=O) groups is 1. The summed E-state index contributed by atoms with van der Waals surface area (Å²) in [6.45, 7) is 7.13. The van der Waals surface area contributed by atoms with Gasteiger partial charge >= 0.3 is 0 Å². The van der Waals surface area contributed by atoms with E-state index in [4.69, 9.17) is 5.73 Å². The van der Waals surface area contributed by atoms with Crippen LogP contribution in [0.15, 0.2) is 0 Å². The molecular formula is C15H30N2O. The highest BCUT2D eigenvalue weighted by Gasteiger charge is 2.44. The molecule has 3 N–H and O–H groups in total. The molecule has 0 aliphatic heterocycles. The van der Waals surface area contributed by atoms with Crippen molar-refractivity contribution in [2.24, 2.45) is 17.1 Å². The summed E-state index contributed by atoms with van der Waals surface area (Å²) in [6, 6.07) is 0.169. The summed E-state index contributed by atoms with van der Waals surface area (Å²) in [5.74, 6) is 0.844. The van der Waals surface area contributed by atoms with Crippen molar-refractivity contribution in [2.45, 2.75) is 71.8 Å². The van der Waals surface area contributed by atoms with Gasteiger partial charge in [-0.3, -0.25) is 4.79 Å². The first kappa shape index (κ1) is 15.5. The molecule has 0 heterocycles. The van der Waals surface area contributed by atoms with E-state index in [9.17, 15) is 4.79 Å². The number of hydrogen-bond donors (Lipinski definition) is 2. The number of nitrogens with two attached hydrogens (primary N) is 1. The van der Waals surface area contributed by atoms with E-state index in [0.717, 1.165) is 38.5 Å². The summed E-state index contributed by atoms with van der Waals surface area (Å²) in [5.41, 5.74) is 5.68. The maximum Gasteiger partial charge on any atom is 0.226 e. The van der Waals surface area contributed by atoms with Crippen LogP contribution in [-0.4, -0.2) is 18.5 Å². The summed E-state index contributed by atoms with van der Waals surface area (Å²) in [6.07, 6.45) is 7.63. The van der Waals surface area contributed by atoms with Gasteiger partial charge in [-0.15, -0.1) is 0 Å². The van der Waals surface area contributed by atoms with Gasteiger partial charge in [0.15, 0.2) is 0 Å². The molecule has 0 aromatic carbocycles. The second kappa shape index (κ2) is 7.13. The molecule has 0 spiro atoms. The van der Waals surface area contributed by atoms with Crippen LogP contribution in [0, 0.1) is 11.3 Å². The van der Waals surface area contributed by atoms with Gasteiger partial charge < -0.3 is 11.1 Å². The molecule has 106 valence electrons. The predicted molar refractivity (Wildman–Crippen MR) is 76.2 cm³/mol. The van der Waals surface area contributed by atoms with E-state index in [1.165, 1.54) is 6.42 Å². The maximum absolute atomic E-state index is 12.4. The molecule has 0 saturated heterocycles. The molecule has 0 bridgehead atoms. The fourth-order valence-corrected chi connectivity index (χ4v) is 2.95. The third-order valence-electron chi connectivity index (χ3n) is 4.12. The smallest absolute Gasteiger partial charge is 0.226 e. The number of nitrogens with one attached hydrogen (secondary N) is 1. The van der Waals surface area contributed by atoms with Crippen molar-refractivity contribution in [1.29, 1.82) is 0 Å². The van der Waals surface area contributed by atoms with Crippen molar-refractivity contribution in [1.82, 2.24) is 5.32 Å². The van der Waals surface area contributed by atoms with E-state index in [-0.39, 0.29) is 17.4 Å². The molecule has 1 amide bonds. The second-order valence-electron chi connectivity index (χ2n) is 6.28. The summed E-state index contributed by atoms with van der Waals surface area (Å²) in [7, 11) is 0. The zero-order valence-electron chi connectivity index (χ0n) is 12.3. The summed E-state index contributed by atoms with van der Waals surface area (Å²) >= 11 is 0. The molecule has 1 fully saturated rings. The Hall–Kier alpha value is -0.570. The lowest BCUT2D eigenvalue weighted by Crippen LogP contribution is -2.51. The lowest BCUT2D eigenvalue weighted by Gasteiger charge is -2.42. The monoisotopic (exact) mass is 254 g/mol. The van der Waals surface area contributed by atoms with Crippen LogP contribution in [0.5, 0.6) is 0 Å². The zero-order valence-corrected chi connectivity index (χ0v) is 12.3. The minimum Gasteiger partial charge on any atom is -0.352 e. The lowest BCUT2D eigenvalue weighted by molar-refractivity contribution is -0.138. The molecular weight excluding hydrogens is 224 g/mol. The molecule has 3 nitrogen and oxygen atoms in total. The standard InChI is InChI=1S/C15H30N2O/c1-4-5-7-13(11-16)17-14(18)15(8-6-9-15)10-12(2)3/h12-13H,4-11,16H2,1-3H3,(H,17,18). The molecule has 0 radical (unpaired) electrons. The van der Waals surface area contributed by atoms with Gasteiger partial charge in [0.25, 0.3) is 0 Å². The number of hydrogen-bond acceptors (Lipinski definition) is 2. The molecule has 1 aliphatic rings. The van der Waals surface area contributed by atoms with Gasteiger partial charge in [-0.05, 0) is 31.6 Å². The Morgan fingerprint density at radius 2 is 2.06 bits per heavy atom. The van der Waals surface area contributed by atoms with Crippen molar-refractivity contribution in [2.75, 3.05) is 6.54 Å². The van der Waals surface area contributed by atoms with E-state index in [2.05, 4.69) is 26.1 Å². The summed E-state index contributed by atoms with van der Waals surface area (Å²) in [5, 5.41) is 3.19. The Morgan fingerprint density at radius 3 is 2.44 bits per heavy atom. The Labute approximate surface area is 112 Å². The van der Waals surface area contributed by atoms with Crippen molar-refractivity contribution in [3.8, 4) is 0 Å². The van der Waals surface area contributed by atoms with Gasteiger partial charge in [-0.25, -0.2) is 0 Å². The number of unbranched alkanes of at least 4 members (excludes halogenated alkanes) is 1. The Morgan fingerprint density at radius 1 is 1.39 bits per heavy atom. The van der Waals surface area contributed by atoms with Crippen LogP contribution < -0.4 is 11.1 Å². The highest BCUT2D eigenvalue weighted by molar-refractivity contribution is 5.83. The second-order valence-corrected chi connectivity index (χ2v) is 6.28. The van der Waals surface area contributed by atoms with Gasteiger partial charge in [-0.1, -0.05) is 40.0 Å². The fraction of sp³-hybridized carbons (Fsp3) is 0.933. The first-order valence-corrected chi connectivity index (χ1v) is 7.55. The molecule has 1 aliphatic carbocycles. The van der Waals surface area contributed by atoms with Gasteiger partial charge in [0.2, 0.25) is 5.91 Å². The normalized spacial score (nSPS) is 19.4. The largest absolute Gasteiger partial charge is 0.352 e. The molecule has 1 atom stereocenters. The minimum absolute atomic E-state index is 0.0756. The van der Waals surface area contributed by atoms with E-state index < -0.39 is 0 Å². The van der Waals surface area contributed by atoms with Gasteiger partial charge in [-0.2, -0.15) is 0 Å². The summed E-state index contributed by atoms with van der Waals surface area (Å²) < 4.78 is 0. The third kappa shape index (κ3) is 3.98. The van der Waals surface area contributed by atoms with Gasteiger partial charge in [0, 0.05) is 18.0 Å². The van der Waals surface area contributed by atoms with Crippen molar-refractivity contribution < 1.29 is 4.79 Å². The van der Waals surface area contributed by atoms with Gasteiger partial charge in [0.1, 0.15) is 0 Å².